The van der Waals surface area contributed by atoms with Gasteiger partial charge in [-0.3, -0.25) is 19.3 Å². The molecule has 1 aliphatic carbocycles. The summed E-state index contributed by atoms with van der Waals surface area (Å²) >= 11 is 0. The molecule has 7 nitrogen and oxygen atoms in total. The largest absolute Gasteiger partial charge is 0.452 e. The zero-order chi connectivity index (χ0) is 24.2. The number of carbonyl (C=O) groups is 4. The molecule has 178 valence electrons. The molecule has 0 spiro atoms. The minimum absolute atomic E-state index is 0.184. The summed E-state index contributed by atoms with van der Waals surface area (Å²) in [4.78, 5) is 52.1. The molecule has 0 aromatic heterocycles. The van der Waals surface area contributed by atoms with E-state index in [9.17, 15) is 19.2 Å². The number of imide groups is 1. The monoisotopic (exact) mass is 462 g/mol. The first kappa shape index (κ1) is 23.7. The maximum Gasteiger partial charge on any atom is 0.338 e. The van der Waals surface area contributed by atoms with Crippen LogP contribution in [0.1, 0.15) is 61.0 Å². The molecule has 0 radical (unpaired) electrons. The van der Waals surface area contributed by atoms with E-state index < -0.39 is 18.5 Å². The molecule has 34 heavy (non-hydrogen) atoms. The summed E-state index contributed by atoms with van der Waals surface area (Å²) in [5.41, 5.74) is 3.36. The van der Waals surface area contributed by atoms with E-state index in [1.807, 2.05) is 32.0 Å². The molecule has 2 aromatic carbocycles. The van der Waals surface area contributed by atoms with Gasteiger partial charge in [0.2, 0.25) is 11.8 Å². The Labute approximate surface area is 199 Å². The predicted molar refractivity (Wildman–Crippen MR) is 128 cm³/mol. The van der Waals surface area contributed by atoms with Crippen LogP contribution in [0.2, 0.25) is 0 Å². The standard InChI is InChI=1S/C27H30N2O5/c1-3-17-9-7-10-18(4-2)24(17)28-23(30)16-34-27(33)19-11-8-12-20(15-19)29-25(31)21-13-5-6-14-22(21)26(29)32/h7-12,15,21-22H,3-6,13-14,16H2,1-2H3,(H,28,30)/t21-,22-/m0/s1. The molecule has 4 rings (SSSR count). The Morgan fingerprint density at radius 2 is 1.53 bits per heavy atom. The quantitative estimate of drug-likeness (QED) is 0.490. The number of para-hydroxylation sites is 1. The lowest BCUT2D eigenvalue weighted by Gasteiger charge is -2.19. The van der Waals surface area contributed by atoms with Crippen molar-refractivity contribution in [2.24, 2.45) is 11.8 Å². The number of hydrogen-bond acceptors (Lipinski definition) is 5. The van der Waals surface area contributed by atoms with Crippen LogP contribution >= 0.6 is 0 Å². The Kier molecular flexibility index (Phi) is 7.10. The van der Waals surface area contributed by atoms with Gasteiger partial charge in [-0.05, 0) is 55.0 Å². The first-order valence-corrected chi connectivity index (χ1v) is 12.0. The summed E-state index contributed by atoms with van der Waals surface area (Å²) in [7, 11) is 0. The summed E-state index contributed by atoms with van der Waals surface area (Å²) in [6.45, 7) is 3.60. The molecule has 1 saturated carbocycles. The van der Waals surface area contributed by atoms with Crippen LogP contribution in [0, 0.1) is 11.8 Å². The van der Waals surface area contributed by atoms with E-state index in [0.29, 0.717) is 5.69 Å². The van der Waals surface area contributed by atoms with Gasteiger partial charge in [-0.2, -0.15) is 0 Å². The van der Waals surface area contributed by atoms with Crippen LogP contribution in [0.4, 0.5) is 11.4 Å². The van der Waals surface area contributed by atoms with Gasteiger partial charge in [-0.25, -0.2) is 4.79 Å². The van der Waals surface area contributed by atoms with Gasteiger partial charge in [0.1, 0.15) is 0 Å². The van der Waals surface area contributed by atoms with Gasteiger partial charge in [0.05, 0.1) is 23.1 Å². The number of carbonyl (C=O) groups excluding carboxylic acids is 4. The van der Waals surface area contributed by atoms with E-state index in [4.69, 9.17) is 4.74 Å². The van der Waals surface area contributed by atoms with E-state index in [2.05, 4.69) is 5.32 Å². The van der Waals surface area contributed by atoms with Gasteiger partial charge < -0.3 is 10.1 Å². The fourth-order valence-corrected chi connectivity index (χ4v) is 4.98. The Morgan fingerprint density at radius 1 is 0.941 bits per heavy atom. The lowest BCUT2D eigenvalue weighted by Crippen LogP contribution is -2.31. The molecule has 7 heteroatoms. The van der Waals surface area contributed by atoms with Crippen LogP contribution in [0.25, 0.3) is 0 Å². The third-order valence-electron chi connectivity index (χ3n) is 6.78. The molecule has 2 fully saturated rings. The number of nitrogens with zero attached hydrogens (tertiary/aromatic N) is 1. The molecule has 2 aliphatic rings. The van der Waals surface area contributed by atoms with Crippen LogP contribution in [0.5, 0.6) is 0 Å². The highest BCUT2D eigenvalue weighted by atomic mass is 16.5. The van der Waals surface area contributed by atoms with E-state index in [0.717, 1.165) is 55.3 Å². The second-order valence-corrected chi connectivity index (χ2v) is 8.84. The van der Waals surface area contributed by atoms with E-state index in [1.165, 1.54) is 11.0 Å². The maximum absolute atomic E-state index is 12.9. The van der Waals surface area contributed by atoms with Gasteiger partial charge in [0, 0.05) is 5.69 Å². The average molecular weight is 463 g/mol. The van der Waals surface area contributed by atoms with E-state index in [-0.39, 0.29) is 29.2 Å². The lowest BCUT2D eigenvalue weighted by molar-refractivity contribution is -0.122. The second kappa shape index (κ2) is 10.2. The molecule has 2 atom stereocenters. The van der Waals surface area contributed by atoms with Gasteiger partial charge in [-0.1, -0.05) is 51.0 Å². The summed E-state index contributed by atoms with van der Waals surface area (Å²) in [5, 5.41) is 2.87. The topological polar surface area (TPSA) is 92.8 Å². The van der Waals surface area contributed by atoms with E-state index in [1.54, 1.807) is 18.2 Å². The zero-order valence-corrected chi connectivity index (χ0v) is 19.6. The molecular formula is C27H30N2O5. The van der Waals surface area contributed by atoms with Crippen molar-refractivity contribution in [3.05, 3.63) is 59.2 Å². The van der Waals surface area contributed by atoms with Crippen molar-refractivity contribution in [3.63, 3.8) is 0 Å². The number of esters is 1. The number of anilines is 2. The molecule has 0 unspecified atom stereocenters. The SMILES string of the molecule is CCc1cccc(CC)c1NC(=O)COC(=O)c1cccc(N2C(=O)[C@H]3CCCC[C@@H]3C2=O)c1. The van der Waals surface area contributed by atoms with Crippen LogP contribution in [0.3, 0.4) is 0 Å². The summed E-state index contributed by atoms with van der Waals surface area (Å²) in [6.07, 6.45) is 4.89. The molecule has 2 aromatic rings. The zero-order valence-electron chi connectivity index (χ0n) is 19.6. The van der Waals surface area contributed by atoms with Crippen molar-refractivity contribution in [1.29, 1.82) is 0 Å². The summed E-state index contributed by atoms with van der Waals surface area (Å²) in [6, 6.07) is 12.2. The van der Waals surface area contributed by atoms with Crippen molar-refractivity contribution in [3.8, 4) is 0 Å². The first-order chi connectivity index (χ1) is 16.4. The molecule has 3 amide bonds. The molecule has 1 saturated heterocycles. The van der Waals surface area contributed by atoms with Crippen molar-refractivity contribution in [2.75, 3.05) is 16.8 Å². The first-order valence-electron chi connectivity index (χ1n) is 12.0. The highest BCUT2D eigenvalue weighted by Gasteiger charge is 2.48. The van der Waals surface area contributed by atoms with E-state index >= 15 is 0 Å². The number of aryl methyl sites for hydroxylation is 2. The Bertz CT molecular complexity index is 1080. The van der Waals surface area contributed by atoms with Crippen molar-refractivity contribution >= 4 is 35.1 Å². The predicted octanol–water partition coefficient (Wildman–Crippen LogP) is 4.29. The summed E-state index contributed by atoms with van der Waals surface area (Å²) in [5.74, 6) is -2.02. The van der Waals surface area contributed by atoms with Crippen molar-refractivity contribution in [2.45, 2.75) is 52.4 Å². The Hall–Kier alpha value is -3.48. The number of amides is 3. The van der Waals surface area contributed by atoms with Crippen LogP contribution < -0.4 is 10.2 Å². The Morgan fingerprint density at radius 3 is 2.12 bits per heavy atom. The molecule has 1 aliphatic heterocycles. The second-order valence-electron chi connectivity index (χ2n) is 8.84. The highest BCUT2D eigenvalue weighted by Crippen LogP contribution is 2.40. The third kappa shape index (κ3) is 4.60. The Balaban J connectivity index is 1.42. The highest BCUT2D eigenvalue weighted by molar-refractivity contribution is 6.22. The fraction of sp³-hybridized carbons (Fsp3) is 0.407. The van der Waals surface area contributed by atoms with Crippen LogP contribution in [-0.2, 0) is 32.0 Å². The third-order valence-corrected chi connectivity index (χ3v) is 6.78. The maximum atomic E-state index is 12.9. The molecule has 1 heterocycles. The van der Waals surface area contributed by atoms with Gasteiger partial charge in [0.25, 0.3) is 5.91 Å². The van der Waals surface area contributed by atoms with Crippen molar-refractivity contribution < 1.29 is 23.9 Å². The number of fused-ring (bicyclic) bond motifs is 1. The number of rotatable bonds is 7. The van der Waals surface area contributed by atoms with Gasteiger partial charge in [-0.15, -0.1) is 0 Å². The summed E-state index contributed by atoms with van der Waals surface area (Å²) < 4.78 is 5.24. The minimum atomic E-state index is -0.687. The number of ether oxygens (including phenoxy) is 1. The number of hydrogen-bond donors (Lipinski definition) is 1. The lowest BCUT2D eigenvalue weighted by atomic mass is 9.81. The smallest absolute Gasteiger partial charge is 0.338 e. The van der Waals surface area contributed by atoms with Crippen LogP contribution in [-0.4, -0.2) is 30.3 Å². The minimum Gasteiger partial charge on any atom is -0.452 e. The van der Waals surface area contributed by atoms with Crippen LogP contribution in [0.15, 0.2) is 42.5 Å². The number of benzene rings is 2. The molecule has 1 N–H and O–H groups in total. The normalized spacial score (nSPS) is 19.6. The van der Waals surface area contributed by atoms with Crippen molar-refractivity contribution in [1.82, 2.24) is 0 Å². The van der Waals surface area contributed by atoms with Gasteiger partial charge >= 0.3 is 5.97 Å². The number of nitrogens with one attached hydrogen (secondary N) is 1. The molecule has 0 bridgehead atoms. The fourth-order valence-electron chi connectivity index (χ4n) is 4.98. The van der Waals surface area contributed by atoms with Gasteiger partial charge in [0.15, 0.2) is 6.61 Å². The molecular weight excluding hydrogens is 432 g/mol. The average Bonchev–Trinajstić information content (AvgIpc) is 3.12.